The number of rotatable bonds is 1. The number of hydrogen-bond donors (Lipinski definition) is 1. The Morgan fingerprint density at radius 1 is 0.700 bits per heavy atom. The molecular weight excluding hydrogens is 385 g/mol. The molecule has 0 spiro atoms. The lowest BCUT2D eigenvalue weighted by Crippen LogP contribution is -1.88. The lowest BCUT2D eigenvalue weighted by Gasteiger charge is -2.14. The third-order valence-corrected chi connectivity index (χ3v) is 5.05. The SMILES string of the molecule is C.Oc1c(Cl)cccc1-c1c(Cl)c(Cl)c(Cl)c(Cl)c1Cl. The molecule has 0 aliphatic carbocycles. The average molecular weight is 393 g/mol. The van der Waals surface area contributed by atoms with Crippen molar-refractivity contribution in [2.45, 2.75) is 7.43 Å². The smallest absolute Gasteiger partial charge is 0.142 e. The molecule has 0 heterocycles. The van der Waals surface area contributed by atoms with E-state index in [0.29, 0.717) is 5.56 Å². The molecule has 108 valence electrons. The van der Waals surface area contributed by atoms with E-state index in [1.54, 1.807) is 12.1 Å². The maximum absolute atomic E-state index is 9.98. The van der Waals surface area contributed by atoms with Crippen LogP contribution in [-0.2, 0) is 0 Å². The molecule has 0 aliphatic heterocycles. The Hall–Kier alpha value is -0.0200. The highest BCUT2D eigenvalue weighted by atomic mass is 35.5. The molecule has 0 amide bonds. The number of halogens is 6. The number of phenolic OH excluding ortho intramolecular Hbond substituents is 1. The molecule has 0 unspecified atom stereocenters. The molecule has 2 rings (SSSR count). The van der Waals surface area contributed by atoms with Crippen molar-refractivity contribution < 1.29 is 5.11 Å². The van der Waals surface area contributed by atoms with E-state index in [1.165, 1.54) is 6.07 Å². The maximum Gasteiger partial charge on any atom is 0.142 e. The lowest BCUT2D eigenvalue weighted by molar-refractivity contribution is 0.477. The number of hydrogen-bond acceptors (Lipinski definition) is 1. The van der Waals surface area contributed by atoms with Gasteiger partial charge in [0.25, 0.3) is 0 Å². The van der Waals surface area contributed by atoms with Gasteiger partial charge in [0.15, 0.2) is 0 Å². The van der Waals surface area contributed by atoms with Gasteiger partial charge in [-0.15, -0.1) is 0 Å². The first-order chi connectivity index (χ1) is 8.86. The highest BCUT2D eigenvalue weighted by molar-refractivity contribution is 6.56. The third kappa shape index (κ3) is 2.94. The predicted octanol–water partition coefficient (Wildman–Crippen LogP) is 7.62. The van der Waals surface area contributed by atoms with E-state index >= 15 is 0 Å². The van der Waals surface area contributed by atoms with Crippen LogP contribution in [0.1, 0.15) is 7.43 Å². The lowest BCUT2D eigenvalue weighted by atomic mass is 10.0. The van der Waals surface area contributed by atoms with Crippen LogP contribution in [0.3, 0.4) is 0 Å². The highest BCUT2D eigenvalue weighted by Gasteiger charge is 2.22. The molecule has 0 saturated heterocycles. The topological polar surface area (TPSA) is 20.2 Å². The summed E-state index contributed by atoms with van der Waals surface area (Å²) < 4.78 is 0. The molecule has 0 bridgehead atoms. The van der Waals surface area contributed by atoms with E-state index < -0.39 is 0 Å². The van der Waals surface area contributed by atoms with Gasteiger partial charge in [-0.3, -0.25) is 0 Å². The fourth-order valence-electron chi connectivity index (χ4n) is 1.56. The second-order valence-electron chi connectivity index (χ2n) is 3.58. The summed E-state index contributed by atoms with van der Waals surface area (Å²) in [6.07, 6.45) is 0. The fraction of sp³-hybridized carbons (Fsp3) is 0.0769. The number of benzene rings is 2. The summed E-state index contributed by atoms with van der Waals surface area (Å²) in [7, 11) is 0. The minimum atomic E-state index is -0.164. The largest absolute Gasteiger partial charge is 0.506 e. The fourth-order valence-corrected chi connectivity index (χ4v) is 3.07. The van der Waals surface area contributed by atoms with Crippen molar-refractivity contribution in [1.29, 1.82) is 0 Å². The second-order valence-corrected chi connectivity index (χ2v) is 5.88. The van der Waals surface area contributed by atoms with Crippen LogP contribution in [0.2, 0.25) is 30.1 Å². The number of phenols is 1. The Morgan fingerprint density at radius 3 is 1.65 bits per heavy atom. The summed E-state index contributed by atoms with van der Waals surface area (Å²) in [4.78, 5) is 0. The normalized spacial score (nSPS) is 10.3. The summed E-state index contributed by atoms with van der Waals surface area (Å²) in [6, 6.07) is 4.76. The molecule has 0 aliphatic rings. The van der Waals surface area contributed by atoms with Crippen molar-refractivity contribution >= 4 is 69.6 Å². The van der Waals surface area contributed by atoms with Crippen molar-refractivity contribution in [2.75, 3.05) is 0 Å². The Bertz CT molecular complexity index is 639. The summed E-state index contributed by atoms with van der Waals surface area (Å²) in [6.45, 7) is 0. The second kappa shape index (κ2) is 6.83. The van der Waals surface area contributed by atoms with Crippen LogP contribution in [0.25, 0.3) is 11.1 Å². The standard InChI is InChI=1S/C12H4Cl6O.CH4/c13-5-3-1-2-4(12(5)19)6-7(14)9(16)11(18)10(17)8(6)15;/h1-3,19H;1H4. The molecule has 1 nitrogen and oxygen atoms in total. The first-order valence-corrected chi connectivity index (χ1v) is 7.12. The summed E-state index contributed by atoms with van der Waals surface area (Å²) >= 11 is 36.0. The van der Waals surface area contributed by atoms with Crippen LogP contribution in [-0.4, -0.2) is 5.11 Å². The predicted molar refractivity (Wildman–Crippen MR) is 90.3 cm³/mol. The summed E-state index contributed by atoms with van der Waals surface area (Å²) in [5, 5.41) is 10.5. The monoisotopic (exact) mass is 390 g/mol. The van der Waals surface area contributed by atoms with Crippen LogP contribution < -0.4 is 0 Å². The van der Waals surface area contributed by atoms with Gasteiger partial charge < -0.3 is 5.11 Å². The van der Waals surface area contributed by atoms with Crippen LogP contribution in [0.15, 0.2) is 18.2 Å². The Balaban J connectivity index is 0.00000200. The molecule has 7 heteroatoms. The van der Waals surface area contributed by atoms with Crippen LogP contribution in [0.5, 0.6) is 5.75 Å². The summed E-state index contributed by atoms with van der Waals surface area (Å²) in [5.41, 5.74) is 0.603. The zero-order valence-corrected chi connectivity index (χ0v) is 13.5. The summed E-state index contributed by atoms with van der Waals surface area (Å²) in [5.74, 6) is -0.164. The molecule has 2 aromatic carbocycles. The Labute approximate surface area is 146 Å². The van der Waals surface area contributed by atoms with Gasteiger partial charge in [0.1, 0.15) is 5.75 Å². The quantitative estimate of drug-likeness (QED) is 0.391. The van der Waals surface area contributed by atoms with E-state index in [4.69, 9.17) is 69.6 Å². The van der Waals surface area contributed by atoms with Gasteiger partial charge in [0.2, 0.25) is 0 Å². The van der Waals surface area contributed by atoms with Gasteiger partial charge >= 0.3 is 0 Å². The van der Waals surface area contributed by atoms with Crippen LogP contribution in [0.4, 0.5) is 0 Å². The first-order valence-electron chi connectivity index (χ1n) is 4.85. The van der Waals surface area contributed by atoms with Gasteiger partial charge in [-0.05, 0) is 6.07 Å². The molecule has 0 atom stereocenters. The molecule has 0 aromatic heterocycles. The van der Waals surface area contributed by atoms with Gasteiger partial charge in [-0.2, -0.15) is 0 Å². The molecule has 2 aromatic rings. The average Bonchev–Trinajstić information content (AvgIpc) is 2.39. The van der Waals surface area contributed by atoms with Crippen molar-refractivity contribution in [1.82, 2.24) is 0 Å². The van der Waals surface area contributed by atoms with E-state index in [1.807, 2.05) is 0 Å². The van der Waals surface area contributed by atoms with Gasteiger partial charge in [0.05, 0.1) is 30.1 Å². The Kier molecular flexibility index (Phi) is 6.15. The molecule has 20 heavy (non-hydrogen) atoms. The van der Waals surface area contributed by atoms with Crippen LogP contribution >= 0.6 is 69.6 Å². The Morgan fingerprint density at radius 2 is 1.15 bits per heavy atom. The third-order valence-electron chi connectivity index (χ3n) is 2.47. The minimum Gasteiger partial charge on any atom is -0.506 e. The first kappa shape index (κ1) is 18.0. The number of aromatic hydroxyl groups is 1. The molecule has 1 N–H and O–H groups in total. The minimum absolute atomic E-state index is 0. The van der Waals surface area contributed by atoms with Crippen molar-refractivity contribution in [3.05, 3.63) is 48.3 Å². The zero-order chi connectivity index (χ0) is 14.3. The van der Waals surface area contributed by atoms with Crippen LogP contribution in [0, 0.1) is 0 Å². The van der Waals surface area contributed by atoms with Crippen molar-refractivity contribution in [2.24, 2.45) is 0 Å². The highest BCUT2D eigenvalue weighted by Crippen LogP contribution is 2.50. The van der Waals surface area contributed by atoms with E-state index in [0.717, 1.165) is 0 Å². The van der Waals surface area contributed by atoms with E-state index in [2.05, 4.69) is 0 Å². The van der Waals surface area contributed by atoms with Crippen molar-refractivity contribution in [3.63, 3.8) is 0 Å². The maximum atomic E-state index is 9.98. The van der Waals surface area contributed by atoms with E-state index in [9.17, 15) is 5.11 Å². The molecular formula is C13H8Cl6O. The van der Waals surface area contributed by atoms with Gasteiger partial charge in [-0.25, -0.2) is 0 Å². The van der Waals surface area contributed by atoms with Gasteiger partial charge in [-0.1, -0.05) is 89.2 Å². The molecule has 0 saturated carbocycles. The van der Waals surface area contributed by atoms with Gasteiger partial charge in [0, 0.05) is 11.1 Å². The zero-order valence-electron chi connectivity index (χ0n) is 8.95. The van der Waals surface area contributed by atoms with Crippen molar-refractivity contribution in [3.8, 4) is 16.9 Å². The molecule has 0 fully saturated rings. The molecule has 0 radical (unpaired) electrons. The number of para-hydroxylation sites is 1. The van der Waals surface area contributed by atoms with E-state index in [-0.39, 0.29) is 48.9 Å².